The van der Waals surface area contributed by atoms with E-state index in [4.69, 9.17) is 10.1 Å². The Balaban J connectivity index is 2.01. The summed E-state index contributed by atoms with van der Waals surface area (Å²) in [5.41, 5.74) is 0.248. The van der Waals surface area contributed by atoms with Crippen LogP contribution in [0.3, 0.4) is 0 Å². The molecule has 0 aromatic heterocycles. The second kappa shape index (κ2) is 3.22. The Kier molecular flexibility index (Phi) is 2.24. The van der Waals surface area contributed by atoms with E-state index in [1.54, 1.807) is 4.90 Å². The van der Waals surface area contributed by atoms with Crippen molar-refractivity contribution in [3.05, 3.63) is 0 Å². The molecule has 1 aliphatic heterocycles. The Bertz CT molecular complexity index is 306. The highest BCUT2D eigenvalue weighted by Crippen LogP contribution is 2.35. The van der Waals surface area contributed by atoms with Crippen LogP contribution in [-0.2, 0) is 4.74 Å². The first-order valence-electron chi connectivity index (χ1n) is 5.44. The van der Waals surface area contributed by atoms with Crippen LogP contribution < -0.4 is 0 Å². The molecule has 2 unspecified atom stereocenters. The van der Waals surface area contributed by atoms with E-state index in [2.05, 4.69) is 0 Å². The number of nitrogens with one attached hydrogen (secondary N) is 1. The summed E-state index contributed by atoms with van der Waals surface area (Å²) in [4.78, 5) is 13.5. The SMILES string of the molecule is CC(C)(C)OC(=O)N1CC2CC(=N)C1C2. The molecular weight excluding hydrogens is 192 g/mol. The molecule has 1 saturated heterocycles. The van der Waals surface area contributed by atoms with E-state index < -0.39 is 5.60 Å². The molecule has 15 heavy (non-hydrogen) atoms. The monoisotopic (exact) mass is 210 g/mol. The van der Waals surface area contributed by atoms with Crippen molar-refractivity contribution in [2.45, 2.75) is 45.3 Å². The molecule has 1 saturated carbocycles. The molecule has 2 atom stereocenters. The molecule has 2 aliphatic rings. The van der Waals surface area contributed by atoms with Crippen LogP contribution in [0.25, 0.3) is 0 Å². The number of hydrogen-bond donors (Lipinski definition) is 1. The fourth-order valence-electron chi connectivity index (χ4n) is 2.37. The Hall–Kier alpha value is -1.06. The Morgan fingerprint density at radius 3 is 2.67 bits per heavy atom. The minimum atomic E-state index is -0.443. The van der Waals surface area contributed by atoms with Gasteiger partial charge in [-0.25, -0.2) is 4.79 Å². The quantitative estimate of drug-likeness (QED) is 0.665. The van der Waals surface area contributed by atoms with Gasteiger partial charge in [-0.15, -0.1) is 0 Å². The van der Waals surface area contributed by atoms with Gasteiger partial charge in [0, 0.05) is 12.3 Å². The van der Waals surface area contributed by atoms with E-state index >= 15 is 0 Å². The van der Waals surface area contributed by atoms with Crippen LogP contribution >= 0.6 is 0 Å². The highest BCUT2D eigenvalue weighted by Gasteiger charge is 2.45. The van der Waals surface area contributed by atoms with Gasteiger partial charge in [-0.1, -0.05) is 0 Å². The number of nitrogens with zero attached hydrogens (tertiary/aromatic N) is 1. The van der Waals surface area contributed by atoms with Crippen molar-refractivity contribution in [2.75, 3.05) is 6.54 Å². The van der Waals surface area contributed by atoms with Crippen LogP contribution in [0, 0.1) is 11.3 Å². The lowest BCUT2D eigenvalue weighted by Crippen LogP contribution is -2.44. The largest absolute Gasteiger partial charge is 0.444 e. The van der Waals surface area contributed by atoms with Crippen molar-refractivity contribution in [1.29, 1.82) is 5.41 Å². The Labute approximate surface area is 90.1 Å². The third-order valence-electron chi connectivity index (χ3n) is 2.93. The van der Waals surface area contributed by atoms with Gasteiger partial charge in [-0.2, -0.15) is 0 Å². The van der Waals surface area contributed by atoms with Gasteiger partial charge in [0.25, 0.3) is 0 Å². The van der Waals surface area contributed by atoms with Crippen molar-refractivity contribution in [1.82, 2.24) is 4.90 Å². The molecule has 0 radical (unpaired) electrons. The number of ether oxygens (including phenoxy) is 1. The summed E-state index contributed by atoms with van der Waals surface area (Å²) in [7, 11) is 0. The maximum atomic E-state index is 11.8. The molecule has 84 valence electrons. The molecular formula is C11H18N2O2. The lowest BCUT2D eigenvalue weighted by Gasteiger charge is -2.30. The first kappa shape index (κ1) is 10.5. The van der Waals surface area contributed by atoms with Crippen molar-refractivity contribution in [3.63, 3.8) is 0 Å². The number of likely N-dealkylation sites (tertiary alicyclic amines) is 1. The predicted molar refractivity (Wildman–Crippen MR) is 57.2 cm³/mol. The highest BCUT2D eigenvalue weighted by molar-refractivity contribution is 5.93. The molecule has 1 amide bonds. The zero-order chi connectivity index (χ0) is 11.2. The normalized spacial score (nSPS) is 29.8. The van der Waals surface area contributed by atoms with E-state index in [1.165, 1.54) is 0 Å². The second-order valence-electron chi connectivity index (χ2n) is 5.48. The summed E-state index contributed by atoms with van der Waals surface area (Å²) in [5.74, 6) is 0.495. The highest BCUT2D eigenvalue weighted by atomic mass is 16.6. The summed E-state index contributed by atoms with van der Waals surface area (Å²) in [6, 6.07) is 0.0184. The van der Waals surface area contributed by atoms with E-state index in [-0.39, 0.29) is 12.1 Å². The first-order chi connectivity index (χ1) is 6.87. The fraction of sp³-hybridized carbons (Fsp3) is 0.818. The average molecular weight is 210 g/mol. The van der Waals surface area contributed by atoms with Crippen LogP contribution in [0.2, 0.25) is 0 Å². The number of piperidine rings is 1. The van der Waals surface area contributed by atoms with Gasteiger partial charge in [0.05, 0.1) is 6.04 Å². The molecule has 0 aromatic carbocycles. The van der Waals surface area contributed by atoms with Crippen LogP contribution in [0.15, 0.2) is 0 Å². The van der Waals surface area contributed by atoms with E-state index in [1.807, 2.05) is 20.8 Å². The van der Waals surface area contributed by atoms with Gasteiger partial charge in [0.2, 0.25) is 0 Å². The number of amides is 1. The van der Waals surface area contributed by atoms with Crippen molar-refractivity contribution in [3.8, 4) is 0 Å². The maximum absolute atomic E-state index is 11.8. The van der Waals surface area contributed by atoms with Gasteiger partial charge in [0.15, 0.2) is 0 Å². The molecule has 0 spiro atoms. The zero-order valence-electron chi connectivity index (χ0n) is 9.54. The van der Waals surface area contributed by atoms with Crippen LogP contribution in [-0.4, -0.2) is 34.9 Å². The molecule has 1 aliphatic carbocycles. The molecule has 4 nitrogen and oxygen atoms in total. The summed E-state index contributed by atoms with van der Waals surface area (Å²) >= 11 is 0. The lowest BCUT2D eigenvalue weighted by molar-refractivity contribution is 0.0250. The molecule has 2 fully saturated rings. The van der Waals surface area contributed by atoms with Crippen molar-refractivity contribution >= 4 is 11.8 Å². The average Bonchev–Trinajstić information content (AvgIpc) is 2.58. The molecule has 2 bridgehead atoms. The third kappa shape index (κ3) is 1.98. The standard InChI is InChI=1S/C11H18N2O2/c1-11(2,3)15-10(14)13-6-7-4-8(12)9(13)5-7/h7,9,12H,4-6H2,1-3H3. The fourth-order valence-corrected chi connectivity index (χ4v) is 2.37. The van der Waals surface area contributed by atoms with E-state index in [9.17, 15) is 4.79 Å². The molecule has 1 heterocycles. The van der Waals surface area contributed by atoms with Crippen molar-refractivity contribution in [2.24, 2.45) is 5.92 Å². The topological polar surface area (TPSA) is 53.4 Å². The smallest absolute Gasteiger partial charge is 0.410 e. The van der Waals surface area contributed by atoms with E-state index in [0.717, 1.165) is 19.4 Å². The first-order valence-corrected chi connectivity index (χ1v) is 5.44. The number of hydrogen-bond acceptors (Lipinski definition) is 3. The van der Waals surface area contributed by atoms with Crippen molar-refractivity contribution < 1.29 is 9.53 Å². The summed E-state index contributed by atoms with van der Waals surface area (Å²) in [5, 5.41) is 7.74. The maximum Gasteiger partial charge on any atom is 0.410 e. The number of carbonyl (C=O) groups is 1. The second-order valence-corrected chi connectivity index (χ2v) is 5.48. The summed E-state index contributed by atoms with van der Waals surface area (Å²) < 4.78 is 5.31. The molecule has 4 heteroatoms. The zero-order valence-corrected chi connectivity index (χ0v) is 9.54. The Morgan fingerprint density at radius 1 is 1.53 bits per heavy atom. The number of carbonyl (C=O) groups excluding carboxylic acids is 1. The summed E-state index contributed by atoms with van der Waals surface area (Å²) in [6.07, 6.45) is 1.56. The minimum Gasteiger partial charge on any atom is -0.444 e. The predicted octanol–water partition coefficient (Wildman–Crippen LogP) is 2.04. The van der Waals surface area contributed by atoms with E-state index in [0.29, 0.717) is 11.6 Å². The molecule has 0 aromatic rings. The third-order valence-corrected chi connectivity index (χ3v) is 2.93. The van der Waals surface area contributed by atoms with Crippen LogP contribution in [0.4, 0.5) is 4.79 Å². The Morgan fingerprint density at radius 2 is 2.20 bits per heavy atom. The van der Waals surface area contributed by atoms with Gasteiger partial charge in [-0.05, 0) is 39.5 Å². The van der Waals surface area contributed by atoms with Gasteiger partial charge in [-0.3, -0.25) is 4.90 Å². The molecule has 2 rings (SSSR count). The van der Waals surface area contributed by atoms with Crippen LogP contribution in [0.5, 0.6) is 0 Å². The lowest BCUT2D eigenvalue weighted by atomic mass is 10.1. The molecule has 1 N–H and O–H groups in total. The summed E-state index contributed by atoms with van der Waals surface area (Å²) in [6.45, 7) is 6.36. The van der Waals surface area contributed by atoms with Gasteiger partial charge < -0.3 is 10.1 Å². The van der Waals surface area contributed by atoms with Crippen LogP contribution in [0.1, 0.15) is 33.6 Å². The minimum absolute atomic E-state index is 0.0184. The van der Waals surface area contributed by atoms with Gasteiger partial charge >= 0.3 is 6.09 Å². The van der Waals surface area contributed by atoms with Gasteiger partial charge in [0.1, 0.15) is 5.60 Å². The number of fused-ring (bicyclic) bond motifs is 2. The number of rotatable bonds is 0.